The normalized spacial score (nSPS) is 10.8. The molecule has 1 amide bonds. The fourth-order valence-corrected chi connectivity index (χ4v) is 4.03. The Balaban J connectivity index is 0.00000225. The van der Waals surface area contributed by atoms with Crippen LogP contribution in [-0.4, -0.2) is 10.5 Å². The van der Waals surface area contributed by atoms with Gasteiger partial charge in [0.05, 0.1) is 18.0 Å². The number of rotatable bonds is 4. The lowest BCUT2D eigenvalue weighted by Crippen LogP contribution is -3.00. The molecule has 0 spiro atoms. The molecule has 28 heavy (non-hydrogen) atoms. The second-order valence-corrected chi connectivity index (χ2v) is 7.22. The lowest BCUT2D eigenvalue weighted by atomic mass is 10.2. The third kappa shape index (κ3) is 3.98. The average Bonchev–Trinajstić information content (AvgIpc) is 3.05. The van der Waals surface area contributed by atoms with Crippen molar-refractivity contribution in [2.24, 2.45) is 7.05 Å². The lowest BCUT2D eigenvalue weighted by molar-refractivity contribution is -0.0000128. The number of benzene rings is 3. The van der Waals surface area contributed by atoms with Crippen LogP contribution < -0.4 is 17.3 Å². The summed E-state index contributed by atoms with van der Waals surface area (Å²) in [6, 6.07) is 27.4. The molecule has 0 bridgehead atoms. The summed E-state index contributed by atoms with van der Waals surface area (Å²) in [6.07, 6.45) is 3.86. The second kappa shape index (κ2) is 8.83. The predicted octanol–water partition coefficient (Wildman–Crippen LogP) is 2.84. The number of thiazole rings is 1. The molecular weight excluding hydrogens is 388 g/mol. The highest BCUT2D eigenvalue weighted by Crippen LogP contribution is 2.26. The molecule has 3 nitrogen and oxygen atoms in total. The van der Waals surface area contributed by atoms with E-state index in [0.29, 0.717) is 5.56 Å². The number of anilines is 1. The van der Waals surface area contributed by atoms with Gasteiger partial charge in [0.25, 0.3) is 5.91 Å². The third-order valence-corrected chi connectivity index (χ3v) is 5.60. The molecule has 4 rings (SSSR count). The van der Waals surface area contributed by atoms with Gasteiger partial charge in [0.1, 0.15) is 0 Å². The van der Waals surface area contributed by atoms with E-state index in [1.165, 1.54) is 10.2 Å². The van der Waals surface area contributed by atoms with Gasteiger partial charge in [0.15, 0.2) is 15.2 Å². The lowest BCUT2D eigenvalue weighted by Gasteiger charge is -2.16. The van der Waals surface area contributed by atoms with Crippen LogP contribution in [0.4, 0.5) is 5.69 Å². The second-order valence-electron chi connectivity index (χ2n) is 6.16. The fourth-order valence-electron chi connectivity index (χ4n) is 2.98. The Bertz CT molecular complexity index is 1110. The van der Waals surface area contributed by atoms with Gasteiger partial charge in [-0.05, 0) is 47.7 Å². The molecule has 0 saturated heterocycles. The summed E-state index contributed by atoms with van der Waals surface area (Å²) in [7, 11) is 2.05. The first-order valence-corrected chi connectivity index (χ1v) is 9.55. The Morgan fingerprint density at radius 3 is 2.21 bits per heavy atom. The third-order valence-electron chi connectivity index (χ3n) is 4.41. The van der Waals surface area contributed by atoms with Crippen LogP contribution in [0.1, 0.15) is 15.4 Å². The number of halogens is 1. The van der Waals surface area contributed by atoms with Crippen LogP contribution in [0.15, 0.2) is 91.1 Å². The highest BCUT2D eigenvalue weighted by Gasteiger charge is 2.18. The molecule has 0 atom stereocenters. The van der Waals surface area contributed by atoms with Gasteiger partial charge in [-0.3, -0.25) is 4.79 Å². The summed E-state index contributed by atoms with van der Waals surface area (Å²) in [5.41, 5.74) is 2.68. The molecule has 1 aromatic heterocycles. The maximum atomic E-state index is 13.1. The SMILES string of the molecule is Cn1c2ccccc2s[c+]1C=CN(C(=O)c1ccccc1)c1ccccc1.[Cl-]. The number of carbonyl (C=O) groups is 1. The Kier molecular flexibility index (Phi) is 6.24. The molecule has 0 aliphatic carbocycles. The van der Waals surface area contributed by atoms with E-state index in [9.17, 15) is 4.79 Å². The Hall–Kier alpha value is -2.95. The van der Waals surface area contributed by atoms with Crippen LogP contribution in [0, 0.1) is 0 Å². The molecule has 0 fully saturated rings. The molecule has 0 N–H and O–H groups in total. The van der Waals surface area contributed by atoms with Crippen LogP contribution in [-0.2, 0) is 7.05 Å². The number of hydrogen-bond acceptors (Lipinski definition) is 2. The van der Waals surface area contributed by atoms with E-state index in [1.807, 2.05) is 92.1 Å². The van der Waals surface area contributed by atoms with Crippen LogP contribution >= 0.6 is 11.3 Å². The summed E-state index contributed by atoms with van der Waals surface area (Å²) in [6.45, 7) is 0. The number of aryl methyl sites for hydroxylation is 1. The smallest absolute Gasteiger partial charge is 0.271 e. The summed E-state index contributed by atoms with van der Waals surface area (Å²) in [4.78, 5) is 14.8. The van der Waals surface area contributed by atoms with Gasteiger partial charge in [-0.25, -0.2) is 9.47 Å². The molecule has 140 valence electrons. The van der Waals surface area contributed by atoms with Crippen molar-refractivity contribution in [3.63, 3.8) is 0 Å². The van der Waals surface area contributed by atoms with E-state index >= 15 is 0 Å². The Labute approximate surface area is 174 Å². The molecule has 4 aromatic rings. The number of nitrogens with zero attached hydrogens (tertiary/aromatic N) is 2. The zero-order valence-corrected chi connectivity index (χ0v) is 16.9. The van der Waals surface area contributed by atoms with Crippen molar-refractivity contribution in [1.29, 1.82) is 0 Å². The quantitative estimate of drug-likeness (QED) is 0.478. The maximum absolute atomic E-state index is 13.1. The van der Waals surface area contributed by atoms with Gasteiger partial charge in [-0.15, -0.1) is 0 Å². The Morgan fingerprint density at radius 2 is 1.54 bits per heavy atom. The van der Waals surface area contributed by atoms with E-state index in [4.69, 9.17) is 0 Å². The Morgan fingerprint density at radius 1 is 0.929 bits per heavy atom. The number of aromatic nitrogens is 1. The molecule has 0 aliphatic heterocycles. The minimum Gasteiger partial charge on any atom is -1.00 e. The fraction of sp³-hybridized carbons (Fsp3) is 0.0435. The van der Waals surface area contributed by atoms with Crippen molar-refractivity contribution in [3.05, 3.63) is 102 Å². The van der Waals surface area contributed by atoms with E-state index in [0.717, 1.165) is 10.7 Å². The average molecular weight is 407 g/mol. The van der Waals surface area contributed by atoms with Gasteiger partial charge in [0, 0.05) is 24.7 Å². The number of hydrogen-bond donors (Lipinski definition) is 0. The molecule has 0 saturated carbocycles. The maximum Gasteiger partial charge on any atom is 0.271 e. The molecule has 3 aromatic carbocycles. The van der Waals surface area contributed by atoms with Gasteiger partial charge < -0.3 is 12.4 Å². The van der Waals surface area contributed by atoms with Gasteiger partial charge >= 0.3 is 0 Å². The topological polar surface area (TPSA) is 25.2 Å². The van der Waals surface area contributed by atoms with Crippen molar-refractivity contribution < 1.29 is 17.2 Å². The van der Waals surface area contributed by atoms with Crippen LogP contribution in [0.3, 0.4) is 0 Å². The van der Waals surface area contributed by atoms with Crippen molar-refractivity contribution in [2.75, 3.05) is 4.90 Å². The van der Waals surface area contributed by atoms with E-state index < -0.39 is 0 Å². The molecule has 0 radical (unpaired) electrons. The molecule has 0 unspecified atom stereocenters. The minimum absolute atomic E-state index is 0. The molecular formula is C23H19ClN2OS. The molecule has 1 heterocycles. The van der Waals surface area contributed by atoms with Crippen LogP contribution in [0.25, 0.3) is 16.3 Å². The number of para-hydroxylation sites is 2. The van der Waals surface area contributed by atoms with Crippen LogP contribution in [0.2, 0.25) is 0 Å². The van der Waals surface area contributed by atoms with E-state index in [1.54, 1.807) is 16.2 Å². The highest BCUT2D eigenvalue weighted by atomic mass is 35.5. The van der Waals surface area contributed by atoms with Gasteiger partial charge in [-0.1, -0.05) is 36.4 Å². The first-order chi connectivity index (χ1) is 13.2. The summed E-state index contributed by atoms with van der Waals surface area (Å²) < 4.78 is 3.37. The van der Waals surface area contributed by atoms with E-state index in [-0.39, 0.29) is 18.3 Å². The van der Waals surface area contributed by atoms with Gasteiger partial charge in [0.2, 0.25) is 0 Å². The summed E-state index contributed by atoms with van der Waals surface area (Å²) in [5.74, 6) is -0.0539. The minimum atomic E-state index is -0.0539. The standard InChI is InChI=1S/C23H19N2OS.ClH/c1-24-20-14-8-9-15-21(20)27-22(24)16-17-25(19-12-6-3-7-13-19)23(26)18-10-4-2-5-11-18;/h2-17H,1H3;1H/q+1;/p-1. The summed E-state index contributed by atoms with van der Waals surface area (Å²) in [5, 5.41) is 1.08. The van der Waals surface area contributed by atoms with Crippen molar-refractivity contribution >= 4 is 39.2 Å². The monoisotopic (exact) mass is 406 g/mol. The zero-order valence-electron chi connectivity index (χ0n) is 15.3. The molecule has 0 aliphatic rings. The van der Waals surface area contributed by atoms with Crippen molar-refractivity contribution in [3.8, 4) is 0 Å². The first-order valence-electron chi connectivity index (χ1n) is 8.73. The number of fused-ring (bicyclic) bond motifs is 1. The van der Waals surface area contributed by atoms with Crippen LogP contribution in [0.5, 0.6) is 0 Å². The number of amides is 1. The largest absolute Gasteiger partial charge is 1.00 e. The summed E-state index contributed by atoms with van der Waals surface area (Å²) >= 11 is 1.71. The zero-order chi connectivity index (χ0) is 18.6. The first kappa shape index (κ1) is 19.8. The van der Waals surface area contributed by atoms with Gasteiger partial charge in [-0.2, -0.15) is 0 Å². The molecule has 5 heteroatoms. The van der Waals surface area contributed by atoms with Crippen molar-refractivity contribution in [1.82, 2.24) is 4.57 Å². The van der Waals surface area contributed by atoms with Crippen molar-refractivity contribution in [2.45, 2.75) is 0 Å². The van der Waals surface area contributed by atoms with E-state index in [2.05, 4.69) is 16.7 Å². The highest BCUT2D eigenvalue weighted by molar-refractivity contribution is 7.19. The number of carbonyl (C=O) groups excluding carboxylic acids is 1. The predicted molar refractivity (Wildman–Crippen MR) is 114 cm³/mol.